The standard InChI is InChI=1S/C18H22N4O2/c1-11-16(12(2)22-13(3)21-11)10-20-18(23)15-6-8-24-17(15)14-5-4-7-19-9-14/h4-5,7,9,15,17H,6,8,10H2,1-3H3,(H,20,23)/t15-,17+/m0/s1. The number of nitrogens with one attached hydrogen (secondary N) is 1. The highest BCUT2D eigenvalue weighted by atomic mass is 16.5. The van der Waals surface area contributed by atoms with Crippen molar-refractivity contribution in [1.82, 2.24) is 20.3 Å². The Morgan fingerprint density at radius 2 is 2.04 bits per heavy atom. The minimum absolute atomic E-state index is 0.000674. The largest absolute Gasteiger partial charge is 0.373 e. The molecule has 6 nitrogen and oxygen atoms in total. The van der Waals surface area contributed by atoms with Crippen LogP contribution in [0.25, 0.3) is 0 Å². The summed E-state index contributed by atoms with van der Waals surface area (Å²) in [4.78, 5) is 25.5. The third-order valence-electron chi connectivity index (χ3n) is 4.41. The quantitative estimate of drug-likeness (QED) is 0.932. The lowest BCUT2D eigenvalue weighted by atomic mass is 9.95. The van der Waals surface area contributed by atoms with Crippen molar-refractivity contribution in [3.8, 4) is 0 Å². The monoisotopic (exact) mass is 326 g/mol. The van der Waals surface area contributed by atoms with E-state index in [1.54, 1.807) is 12.4 Å². The summed E-state index contributed by atoms with van der Waals surface area (Å²) in [5.41, 5.74) is 3.74. The third kappa shape index (κ3) is 3.43. The van der Waals surface area contributed by atoms with Gasteiger partial charge in [-0.25, -0.2) is 9.97 Å². The normalized spacial score (nSPS) is 20.1. The molecule has 2 aromatic rings. The topological polar surface area (TPSA) is 77.0 Å². The zero-order valence-corrected chi connectivity index (χ0v) is 14.2. The SMILES string of the molecule is Cc1nc(C)c(CNC(=O)[C@H]2CCO[C@@H]2c2cccnc2)c(C)n1. The van der Waals surface area contributed by atoms with Crippen LogP contribution in [0.15, 0.2) is 24.5 Å². The summed E-state index contributed by atoms with van der Waals surface area (Å²) in [7, 11) is 0. The minimum Gasteiger partial charge on any atom is -0.373 e. The fraction of sp³-hybridized carbons (Fsp3) is 0.444. The summed E-state index contributed by atoms with van der Waals surface area (Å²) in [6.07, 6.45) is 3.97. The zero-order chi connectivity index (χ0) is 17.1. The number of ether oxygens (including phenoxy) is 1. The van der Waals surface area contributed by atoms with Gasteiger partial charge in [-0.05, 0) is 38.8 Å². The number of carbonyl (C=O) groups excluding carboxylic acids is 1. The van der Waals surface area contributed by atoms with Crippen LogP contribution < -0.4 is 5.32 Å². The first-order chi connectivity index (χ1) is 11.6. The number of amides is 1. The molecule has 126 valence electrons. The third-order valence-corrected chi connectivity index (χ3v) is 4.41. The fourth-order valence-electron chi connectivity index (χ4n) is 3.20. The second kappa shape index (κ2) is 7.05. The van der Waals surface area contributed by atoms with Gasteiger partial charge in [0.2, 0.25) is 5.91 Å². The second-order valence-electron chi connectivity index (χ2n) is 6.11. The Hall–Kier alpha value is -2.34. The van der Waals surface area contributed by atoms with Crippen LogP contribution in [-0.2, 0) is 16.1 Å². The number of rotatable bonds is 4. The fourth-order valence-corrected chi connectivity index (χ4v) is 3.20. The first-order valence-corrected chi connectivity index (χ1v) is 8.16. The summed E-state index contributed by atoms with van der Waals surface area (Å²) < 4.78 is 5.76. The van der Waals surface area contributed by atoms with E-state index in [9.17, 15) is 4.79 Å². The summed E-state index contributed by atoms with van der Waals surface area (Å²) in [5.74, 6) is 0.558. The number of carbonyl (C=O) groups is 1. The predicted octanol–water partition coefficient (Wildman–Crippen LogP) is 2.19. The van der Waals surface area contributed by atoms with E-state index in [0.29, 0.717) is 19.6 Å². The molecule has 0 spiro atoms. The number of nitrogens with zero attached hydrogens (tertiary/aromatic N) is 3. The van der Waals surface area contributed by atoms with Gasteiger partial charge < -0.3 is 10.1 Å². The molecule has 2 atom stereocenters. The summed E-state index contributed by atoms with van der Waals surface area (Å²) in [5, 5.41) is 3.02. The lowest BCUT2D eigenvalue weighted by molar-refractivity contribution is -0.126. The smallest absolute Gasteiger partial charge is 0.226 e. The molecule has 24 heavy (non-hydrogen) atoms. The van der Waals surface area contributed by atoms with E-state index in [4.69, 9.17) is 4.74 Å². The van der Waals surface area contributed by atoms with Gasteiger partial charge in [0.05, 0.1) is 12.0 Å². The molecule has 1 aliphatic heterocycles. The van der Waals surface area contributed by atoms with Crippen molar-refractivity contribution >= 4 is 5.91 Å². The van der Waals surface area contributed by atoms with E-state index >= 15 is 0 Å². The Morgan fingerprint density at radius 3 is 2.71 bits per heavy atom. The summed E-state index contributed by atoms with van der Waals surface area (Å²) in [6, 6.07) is 3.81. The average Bonchev–Trinajstić information content (AvgIpc) is 3.04. The minimum atomic E-state index is -0.227. The number of hydrogen-bond donors (Lipinski definition) is 1. The number of aromatic nitrogens is 3. The van der Waals surface area contributed by atoms with Gasteiger partial charge in [0.1, 0.15) is 5.82 Å². The Bertz CT molecular complexity index is 710. The maximum Gasteiger partial charge on any atom is 0.226 e. The van der Waals surface area contributed by atoms with Crippen LogP contribution in [-0.4, -0.2) is 27.5 Å². The van der Waals surface area contributed by atoms with Crippen LogP contribution in [0, 0.1) is 26.7 Å². The van der Waals surface area contributed by atoms with Crippen molar-refractivity contribution in [2.45, 2.75) is 39.8 Å². The number of pyridine rings is 1. The van der Waals surface area contributed by atoms with E-state index < -0.39 is 0 Å². The van der Waals surface area contributed by atoms with E-state index in [1.165, 1.54) is 0 Å². The van der Waals surface area contributed by atoms with Gasteiger partial charge in [-0.3, -0.25) is 9.78 Å². The first-order valence-electron chi connectivity index (χ1n) is 8.16. The maximum atomic E-state index is 12.6. The van der Waals surface area contributed by atoms with Crippen molar-refractivity contribution in [3.63, 3.8) is 0 Å². The number of aryl methyl sites for hydroxylation is 3. The zero-order valence-electron chi connectivity index (χ0n) is 14.2. The lowest BCUT2D eigenvalue weighted by Crippen LogP contribution is -2.32. The van der Waals surface area contributed by atoms with Crippen molar-refractivity contribution in [3.05, 3.63) is 52.9 Å². The van der Waals surface area contributed by atoms with Crippen LogP contribution in [0.4, 0.5) is 0 Å². The average molecular weight is 326 g/mol. The van der Waals surface area contributed by atoms with Crippen LogP contribution >= 0.6 is 0 Å². The van der Waals surface area contributed by atoms with Crippen LogP contribution in [0.1, 0.15) is 40.9 Å². The molecule has 3 rings (SSSR count). The summed E-state index contributed by atoms with van der Waals surface area (Å²) in [6.45, 7) is 6.79. The Kier molecular flexibility index (Phi) is 4.85. The Labute approximate surface area is 141 Å². The van der Waals surface area contributed by atoms with Crippen LogP contribution in [0.5, 0.6) is 0 Å². The van der Waals surface area contributed by atoms with Crippen molar-refractivity contribution in [2.75, 3.05) is 6.61 Å². The van der Waals surface area contributed by atoms with Gasteiger partial charge in [0.15, 0.2) is 0 Å². The molecule has 3 heterocycles. The highest BCUT2D eigenvalue weighted by Crippen LogP contribution is 2.34. The lowest BCUT2D eigenvalue weighted by Gasteiger charge is -2.19. The van der Waals surface area contributed by atoms with Gasteiger partial charge in [-0.1, -0.05) is 6.07 Å². The Balaban J connectivity index is 1.69. The van der Waals surface area contributed by atoms with E-state index in [1.807, 2.05) is 32.9 Å². The Morgan fingerprint density at radius 1 is 1.29 bits per heavy atom. The van der Waals surface area contributed by atoms with E-state index in [0.717, 1.165) is 28.3 Å². The van der Waals surface area contributed by atoms with E-state index in [2.05, 4.69) is 20.3 Å². The molecule has 0 saturated carbocycles. The highest BCUT2D eigenvalue weighted by Gasteiger charge is 2.35. The molecule has 0 aromatic carbocycles. The molecule has 0 bridgehead atoms. The second-order valence-corrected chi connectivity index (χ2v) is 6.11. The maximum absolute atomic E-state index is 12.6. The molecule has 1 saturated heterocycles. The van der Waals surface area contributed by atoms with Gasteiger partial charge >= 0.3 is 0 Å². The van der Waals surface area contributed by atoms with Crippen molar-refractivity contribution in [1.29, 1.82) is 0 Å². The van der Waals surface area contributed by atoms with E-state index in [-0.39, 0.29) is 17.9 Å². The molecule has 0 radical (unpaired) electrons. The number of hydrogen-bond acceptors (Lipinski definition) is 5. The predicted molar refractivity (Wildman–Crippen MR) is 89.1 cm³/mol. The molecular weight excluding hydrogens is 304 g/mol. The molecule has 1 amide bonds. The van der Waals surface area contributed by atoms with Gasteiger partial charge in [0, 0.05) is 42.5 Å². The molecule has 2 aromatic heterocycles. The first kappa shape index (κ1) is 16.5. The molecule has 1 fully saturated rings. The van der Waals surface area contributed by atoms with Crippen molar-refractivity contribution < 1.29 is 9.53 Å². The van der Waals surface area contributed by atoms with Gasteiger partial charge in [0.25, 0.3) is 0 Å². The molecule has 1 N–H and O–H groups in total. The van der Waals surface area contributed by atoms with Crippen LogP contribution in [0.2, 0.25) is 0 Å². The molecule has 0 aliphatic carbocycles. The van der Waals surface area contributed by atoms with Crippen LogP contribution in [0.3, 0.4) is 0 Å². The van der Waals surface area contributed by atoms with Gasteiger partial charge in [-0.2, -0.15) is 0 Å². The summed E-state index contributed by atoms with van der Waals surface area (Å²) >= 11 is 0. The molecule has 6 heteroatoms. The molecular formula is C18H22N4O2. The molecule has 1 aliphatic rings. The van der Waals surface area contributed by atoms with Gasteiger partial charge in [-0.15, -0.1) is 0 Å². The molecule has 0 unspecified atom stereocenters. The highest BCUT2D eigenvalue weighted by molar-refractivity contribution is 5.79. The van der Waals surface area contributed by atoms with Crippen molar-refractivity contribution in [2.24, 2.45) is 5.92 Å².